The molecular formula is C30H42ClN3O2. The van der Waals surface area contributed by atoms with E-state index in [9.17, 15) is 4.79 Å². The fourth-order valence-corrected chi connectivity index (χ4v) is 5.12. The monoisotopic (exact) mass is 511 g/mol. The van der Waals surface area contributed by atoms with Crippen molar-refractivity contribution in [1.82, 2.24) is 9.47 Å². The van der Waals surface area contributed by atoms with E-state index in [1.54, 1.807) is 0 Å². The number of benzene rings is 2. The summed E-state index contributed by atoms with van der Waals surface area (Å²) in [5.74, 6) is -0.142. The van der Waals surface area contributed by atoms with Crippen molar-refractivity contribution in [3.8, 4) is 0 Å². The number of unbranched alkanes of at least 4 members (excludes halogenated alkanes) is 3. The number of esters is 1. The summed E-state index contributed by atoms with van der Waals surface area (Å²) < 4.78 is 7.56. The van der Waals surface area contributed by atoms with Crippen LogP contribution in [0.5, 0.6) is 0 Å². The smallest absolute Gasteiger partial charge is 0.325 e. The van der Waals surface area contributed by atoms with Crippen molar-refractivity contribution in [2.75, 3.05) is 44.2 Å². The van der Waals surface area contributed by atoms with Crippen LogP contribution in [0.4, 0.5) is 5.69 Å². The molecule has 1 aliphatic rings. The van der Waals surface area contributed by atoms with Crippen LogP contribution in [0.3, 0.4) is 0 Å². The second-order valence-electron chi connectivity index (χ2n) is 9.88. The Kier molecular flexibility index (Phi) is 10.7. The van der Waals surface area contributed by atoms with Gasteiger partial charge in [-0.1, -0.05) is 56.5 Å². The molecule has 0 atom stereocenters. The Morgan fingerprint density at radius 1 is 0.944 bits per heavy atom. The molecule has 0 saturated carbocycles. The van der Waals surface area contributed by atoms with Crippen LogP contribution in [-0.2, 0) is 22.5 Å². The van der Waals surface area contributed by atoms with Crippen LogP contribution < -0.4 is 4.90 Å². The first-order valence-corrected chi connectivity index (χ1v) is 13.3. The summed E-state index contributed by atoms with van der Waals surface area (Å²) in [7, 11) is 0. The zero-order valence-electron chi connectivity index (χ0n) is 22.2. The van der Waals surface area contributed by atoms with Crippen LogP contribution in [-0.4, -0.2) is 54.8 Å². The van der Waals surface area contributed by atoms with Crippen LogP contribution in [0.15, 0.2) is 48.7 Å². The maximum absolute atomic E-state index is 12.4. The second kappa shape index (κ2) is 13.7. The van der Waals surface area contributed by atoms with Crippen molar-refractivity contribution < 1.29 is 9.53 Å². The molecule has 0 amide bonds. The molecule has 2 heterocycles. The number of ether oxygens (including phenoxy) is 1. The summed E-state index contributed by atoms with van der Waals surface area (Å²) in [5, 5.41) is 1.25. The molecule has 0 spiro atoms. The summed E-state index contributed by atoms with van der Waals surface area (Å²) in [5.41, 5.74) is 6.57. The number of carbonyl (C=O) groups is 1. The van der Waals surface area contributed by atoms with Gasteiger partial charge in [0.05, 0.1) is 6.61 Å². The van der Waals surface area contributed by atoms with Crippen molar-refractivity contribution in [2.24, 2.45) is 0 Å². The van der Waals surface area contributed by atoms with E-state index in [0.29, 0.717) is 6.61 Å². The maximum atomic E-state index is 12.4. The Morgan fingerprint density at radius 2 is 1.72 bits per heavy atom. The van der Waals surface area contributed by atoms with Crippen LogP contribution in [0.25, 0.3) is 10.9 Å². The summed E-state index contributed by atoms with van der Waals surface area (Å²) in [6.45, 7) is 12.7. The molecule has 0 bridgehead atoms. The van der Waals surface area contributed by atoms with Gasteiger partial charge in [-0.15, -0.1) is 12.4 Å². The number of anilines is 1. The highest BCUT2D eigenvalue weighted by Crippen LogP contribution is 2.25. The van der Waals surface area contributed by atoms with Crippen molar-refractivity contribution in [2.45, 2.75) is 59.4 Å². The average molecular weight is 512 g/mol. The zero-order valence-corrected chi connectivity index (χ0v) is 23.0. The minimum Gasteiger partial charge on any atom is -0.464 e. The topological polar surface area (TPSA) is 37.7 Å². The van der Waals surface area contributed by atoms with Gasteiger partial charge in [-0.2, -0.15) is 0 Å². The minimum atomic E-state index is -0.142. The number of fused-ring (bicyclic) bond motifs is 1. The molecule has 3 aromatic rings. The Labute approximate surface area is 222 Å². The van der Waals surface area contributed by atoms with Crippen LogP contribution in [0.1, 0.15) is 49.3 Å². The molecule has 1 aliphatic heterocycles. The first-order valence-electron chi connectivity index (χ1n) is 13.3. The second-order valence-corrected chi connectivity index (χ2v) is 9.88. The molecule has 0 aliphatic carbocycles. The third-order valence-corrected chi connectivity index (χ3v) is 7.42. The van der Waals surface area contributed by atoms with Gasteiger partial charge in [-0.25, -0.2) is 0 Å². The Balaban J connectivity index is 0.00000361. The van der Waals surface area contributed by atoms with Crippen LogP contribution >= 0.6 is 12.4 Å². The number of rotatable bonds is 11. The molecule has 4 rings (SSSR count). The predicted molar refractivity (Wildman–Crippen MR) is 153 cm³/mol. The van der Waals surface area contributed by atoms with Gasteiger partial charge in [-0.3, -0.25) is 9.69 Å². The quantitative estimate of drug-likeness (QED) is 0.228. The van der Waals surface area contributed by atoms with Gasteiger partial charge in [0.1, 0.15) is 6.54 Å². The third kappa shape index (κ3) is 7.04. The van der Waals surface area contributed by atoms with Gasteiger partial charge in [-0.05, 0) is 55.5 Å². The number of nitrogens with zero attached hydrogens (tertiary/aromatic N) is 3. The van der Waals surface area contributed by atoms with E-state index in [1.165, 1.54) is 40.6 Å². The zero-order chi connectivity index (χ0) is 24.6. The number of hydrogen-bond acceptors (Lipinski definition) is 4. The number of carbonyl (C=O) groups excluding carboxylic acids is 1. The van der Waals surface area contributed by atoms with E-state index >= 15 is 0 Å². The lowest BCUT2D eigenvalue weighted by molar-refractivity contribution is -0.144. The molecule has 0 unspecified atom stereocenters. The van der Waals surface area contributed by atoms with E-state index in [-0.39, 0.29) is 24.9 Å². The molecule has 1 aromatic heterocycles. The summed E-state index contributed by atoms with van der Waals surface area (Å²) >= 11 is 0. The molecule has 0 N–H and O–H groups in total. The highest BCUT2D eigenvalue weighted by molar-refractivity contribution is 5.86. The number of aryl methyl sites for hydroxylation is 1. The minimum absolute atomic E-state index is 0. The fraction of sp³-hybridized carbons (Fsp3) is 0.500. The molecule has 1 fully saturated rings. The fourth-order valence-electron chi connectivity index (χ4n) is 5.12. The molecule has 196 valence electrons. The molecule has 36 heavy (non-hydrogen) atoms. The highest BCUT2D eigenvalue weighted by atomic mass is 35.5. The predicted octanol–water partition coefficient (Wildman–Crippen LogP) is 6.17. The van der Waals surface area contributed by atoms with Crippen molar-refractivity contribution in [1.29, 1.82) is 0 Å². The number of halogens is 1. The number of para-hydroxylation sites is 1. The molecular weight excluding hydrogens is 470 g/mol. The first-order chi connectivity index (χ1) is 17.1. The SMILES string of the molecule is CCCCCCOC(=O)Cn1cc(CCN2CCN(c3cccc(C)c3C)CC2)c2ccccc21.Cl. The normalized spacial score (nSPS) is 14.1. The standard InChI is InChI=1S/C30H41N3O2.ClH/c1-4-5-6-9-21-35-30(34)23-33-22-26(27-12-7-8-13-29(27)33)15-16-31-17-19-32(20-18-31)28-14-10-11-24(2)25(28)3;/h7-8,10-14,22H,4-6,9,15-21,23H2,1-3H3;1H. The van der Waals surface area contributed by atoms with E-state index in [4.69, 9.17) is 4.74 Å². The number of piperazine rings is 1. The number of hydrogen-bond donors (Lipinski definition) is 0. The maximum Gasteiger partial charge on any atom is 0.325 e. The molecule has 1 saturated heterocycles. The van der Waals surface area contributed by atoms with E-state index in [2.05, 4.69) is 77.7 Å². The Bertz CT molecular complexity index is 1120. The van der Waals surface area contributed by atoms with Gasteiger partial charge in [0.15, 0.2) is 0 Å². The molecule has 6 heteroatoms. The molecule has 2 aromatic carbocycles. The van der Waals surface area contributed by atoms with Gasteiger partial charge in [0.25, 0.3) is 0 Å². The van der Waals surface area contributed by atoms with Gasteiger partial charge < -0.3 is 14.2 Å². The van der Waals surface area contributed by atoms with Gasteiger partial charge >= 0.3 is 5.97 Å². The van der Waals surface area contributed by atoms with E-state index in [0.717, 1.165) is 57.5 Å². The van der Waals surface area contributed by atoms with Crippen LogP contribution in [0, 0.1) is 13.8 Å². The Hall–Kier alpha value is -2.50. The third-order valence-electron chi connectivity index (χ3n) is 7.42. The van der Waals surface area contributed by atoms with Crippen molar-refractivity contribution in [3.05, 3.63) is 65.4 Å². The lowest BCUT2D eigenvalue weighted by atomic mass is 10.1. The lowest BCUT2D eigenvalue weighted by Gasteiger charge is -2.37. The molecule has 5 nitrogen and oxygen atoms in total. The summed E-state index contributed by atoms with van der Waals surface area (Å²) in [6, 6.07) is 15.0. The Morgan fingerprint density at radius 3 is 2.50 bits per heavy atom. The molecule has 0 radical (unpaired) electrons. The first kappa shape index (κ1) is 28.1. The summed E-state index contributed by atoms with van der Waals surface area (Å²) in [4.78, 5) is 17.5. The lowest BCUT2D eigenvalue weighted by Crippen LogP contribution is -2.47. The highest BCUT2D eigenvalue weighted by Gasteiger charge is 2.19. The van der Waals surface area contributed by atoms with Crippen molar-refractivity contribution >= 4 is 35.0 Å². The summed E-state index contributed by atoms with van der Waals surface area (Å²) in [6.07, 6.45) is 7.61. The average Bonchev–Trinajstić information content (AvgIpc) is 3.22. The van der Waals surface area contributed by atoms with Gasteiger partial charge in [0, 0.05) is 55.5 Å². The number of aromatic nitrogens is 1. The van der Waals surface area contributed by atoms with Crippen LogP contribution in [0.2, 0.25) is 0 Å². The van der Waals surface area contributed by atoms with E-state index < -0.39 is 0 Å². The van der Waals surface area contributed by atoms with Gasteiger partial charge in [0.2, 0.25) is 0 Å². The van der Waals surface area contributed by atoms with Crippen molar-refractivity contribution in [3.63, 3.8) is 0 Å². The van der Waals surface area contributed by atoms with E-state index in [1.807, 2.05) is 6.07 Å². The largest absolute Gasteiger partial charge is 0.464 e.